The molecule has 0 saturated carbocycles. The summed E-state index contributed by atoms with van der Waals surface area (Å²) < 4.78 is 0. The Morgan fingerprint density at radius 3 is 2.03 bits per heavy atom. The number of carbonyl (C=O) groups is 1. The van der Waals surface area contributed by atoms with Gasteiger partial charge >= 0.3 is 0 Å². The Morgan fingerprint density at radius 1 is 0.828 bits per heavy atom. The molecule has 1 N–H and O–H groups in total. The summed E-state index contributed by atoms with van der Waals surface area (Å²) in [5, 5.41) is 9.89. The number of aliphatic hydroxyl groups excluding tert-OH is 1. The molecule has 152 valence electrons. The first-order valence-electron chi connectivity index (χ1n) is 10.2. The highest BCUT2D eigenvalue weighted by Gasteiger charge is 2.18. The highest BCUT2D eigenvalue weighted by atomic mass is 32.1. The predicted molar refractivity (Wildman–Crippen MR) is 124 cm³/mol. The Balaban J connectivity index is 0.000000212. The van der Waals surface area contributed by atoms with E-state index in [1.807, 2.05) is 18.2 Å². The lowest BCUT2D eigenvalue weighted by molar-refractivity contribution is 0.0747. The molecular formula is C26H30O2S. The van der Waals surface area contributed by atoms with E-state index < -0.39 is 6.10 Å². The lowest BCUT2D eigenvalue weighted by Gasteiger charge is -2.09. The number of hydrogen-bond donors (Lipinski definition) is 2. The molecule has 0 heterocycles. The van der Waals surface area contributed by atoms with Gasteiger partial charge in [-0.3, -0.25) is 4.79 Å². The van der Waals surface area contributed by atoms with Crippen molar-refractivity contribution in [1.29, 1.82) is 0 Å². The number of ketones is 1. The third kappa shape index (κ3) is 7.88. The maximum absolute atomic E-state index is 11.9. The molecule has 0 spiro atoms. The van der Waals surface area contributed by atoms with Crippen LogP contribution in [0.5, 0.6) is 0 Å². The quantitative estimate of drug-likeness (QED) is 0.248. The molecule has 0 fully saturated rings. The van der Waals surface area contributed by atoms with Gasteiger partial charge in [-0.15, -0.1) is 12.6 Å². The Hall–Kier alpha value is -2.36. The van der Waals surface area contributed by atoms with Gasteiger partial charge in [0.2, 0.25) is 0 Å². The zero-order valence-corrected chi connectivity index (χ0v) is 17.9. The molecule has 3 rings (SSSR count). The lowest BCUT2D eigenvalue weighted by Crippen LogP contribution is -2.11. The Kier molecular flexibility index (Phi) is 10.3. The van der Waals surface area contributed by atoms with E-state index in [0.29, 0.717) is 11.1 Å². The second-order valence-electron chi connectivity index (χ2n) is 6.98. The van der Waals surface area contributed by atoms with Crippen molar-refractivity contribution in [2.45, 2.75) is 50.0 Å². The summed E-state index contributed by atoms with van der Waals surface area (Å²) in [5.74, 6) is -0.271. The molecule has 3 aromatic rings. The van der Waals surface area contributed by atoms with E-state index >= 15 is 0 Å². The average Bonchev–Trinajstić information content (AvgIpc) is 2.78. The van der Waals surface area contributed by atoms with Crippen LogP contribution in [0.3, 0.4) is 0 Å². The summed E-state index contributed by atoms with van der Waals surface area (Å²) in [7, 11) is 0. The molecule has 0 amide bonds. The fraction of sp³-hybridized carbons (Fsp3) is 0.269. The van der Waals surface area contributed by atoms with Crippen LogP contribution in [0.2, 0.25) is 0 Å². The number of thiol groups is 1. The molecule has 0 aliphatic heterocycles. The minimum Gasteiger partial charge on any atom is -0.380 e. The van der Waals surface area contributed by atoms with Crippen LogP contribution >= 0.6 is 12.6 Å². The zero-order chi connectivity index (χ0) is 20.9. The molecule has 3 heteroatoms. The fourth-order valence-corrected chi connectivity index (χ4v) is 3.28. The molecule has 0 saturated heterocycles. The number of hydrogen-bond acceptors (Lipinski definition) is 3. The van der Waals surface area contributed by atoms with E-state index in [1.54, 1.807) is 48.5 Å². The summed E-state index contributed by atoms with van der Waals surface area (Å²) in [6.45, 7) is 2.24. The van der Waals surface area contributed by atoms with Crippen LogP contribution in [-0.2, 0) is 6.42 Å². The smallest absolute Gasteiger partial charge is 0.195 e. The number of rotatable bonds is 8. The normalized spacial score (nSPS) is 11.3. The highest BCUT2D eigenvalue weighted by Crippen LogP contribution is 2.18. The van der Waals surface area contributed by atoms with E-state index in [1.165, 1.54) is 37.7 Å². The van der Waals surface area contributed by atoms with Crippen LogP contribution in [0.1, 0.15) is 60.2 Å². The third-order valence-corrected chi connectivity index (χ3v) is 5.15. The third-order valence-electron chi connectivity index (χ3n) is 4.71. The van der Waals surface area contributed by atoms with Crippen molar-refractivity contribution in [3.8, 4) is 0 Å². The van der Waals surface area contributed by atoms with Crippen LogP contribution < -0.4 is 0 Å². The Labute approximate surface area is 180 Å². The van der Waals surface area contributed by atoms with E-state index in [4.69, 9.17) is 0 Å². The van der Waals surface area contributed by atoms with Crippen molar-refractivity contribution in [2.24, 2.45) is 0 Å². The molecule has 0 aromatic heterocycles. The van der Waals surface area contributed by atoms with E-state index in [9.17, 15) is 9.90 Å². The molecule has 0 bridgehead atoms. The fourth-order valence-electron chi connectivity index (χ4n) is 3.01. The van der Waals surface area contributed by atoms with Gasteiger partial charge in [-0.2, -0.15) is 0 Å². The van der Waals surface area contributed by atoms with Gasteiger partial charge in [-0.25, -0.2) is 0 Å². The molecule has 0 radical (unpaired) electrons. The first-order valence-corrected chi connectivity index (χ1v) is 10.7. The maximum atomic E-state index is 11.9. The van der Waals surface area contributed by atoms with Gasteiger partial charge in [0, 0.05) is 10.5 Å². The number of aryl methyl sites for hydroxylation is 1. The summed E-state index contributed by atoms with van der Waals surface area (Å²) in [4.78, 5) is 13.0. The van der Waals surface area contributed by atoms with Gasteiger partial charge in [0.15, 0.2) is 5.78 Å². The van der Waals surface area contributed by atoms with Gasteiger partial charge in [0.1, 0.15) is 6.10 Å². The maximum Gasteiger partial charge on any atom is 0.195 e. The second-order valence-corrected chi connectivity index (χ2v) is 7.46. The van der Waals surface area contributed by atoms with Crippen molar-refractivity contribution in [3.63, 3.8) is 0 Å². The average molecular weight is 407 g/mol. The SMILES string of the molecule is CCCCCCc1ccccc1S.O=C(c1ccccc1)C(O)c1ccccc1. The number of unbranched alkanes of at least 4 members (excludes halogenated alkanes) is 3. The number of Topliss-reactive ketones (excluding diaryl/α,β-unsaturated/α-hetero) is 1. The topological polar surface area (TPSA) is 37.3 Å². The summed E-state index contributed by atoms with van der Waals surface area (Å²) in [6.07, 6.45) is 5.41. The molecule has 1 atom stereocenters. The van der Waals surface area contributed by atoms with Crippen LogP contribution in [0.15, 0.2) is 89.8 Å². The van der Waals surface area contributed by atoms with E-state index in [2.05, 4.69) is 37.8 Å². The molecule has 1 unspecified atom stereocenters. The van der Waals surface area contributed by atoms with Crippen LogP contribution in [0.25, 0.3) is 0 Å². The van der Waals surface area contributed by atoms with Gasteiger partial charge in [-0.1, -0.05) is 105 Å². The Bertz CT molecular complexity index is 847. The molecule has 3 aromatic carbocycles. The second kappa shape index (κ2) is 13.0. The predicted octanol–water partition coefficient (Wildman–Crippen LogP) is 6.70. The van der Waals surface area contributed by atoms with Gasteiger partial charge in [-0.05, 0) is 30.0 Å². The van der Waals surface area contributed by atoms with E-state index in [-0.39, 0.29) is 5.78 Å². The molecule has 29 heavy (non-hydrogen) atoms. The molecule has 0 aliphatic rings. The molecule has 2 nitrogen and oxygen atoms in total. The van der Waals surface area contributed by atoms with Gasteiger partial charge in [0.05, 0.1) is 0 Å². The number of carbonyl (C=O) groups excluding carboxylic acids is 1. The first-order chi connectivity index (χ1) is 14.1. The summed E-state index contributed by atoms with van der Waals surface area (Å²) in [5.41, 5.74) is 2.54. The number of aliphatic hydroxyl groups is 1. The van der Waals surface area contributed by atoms with Crippen molar-refractivity contribution >= 4 is 18.4 Å². The highest BCUT2D eigenvalue weighted by molar-refractivity contribution is 7.80. The van der Waals surface area contributed by atoms with Crippen molar-refractivity contribution in [3.05, 3.63) is 102 Å². The van der Waals surface area contributed by atoms with Crippen LogP contribution in [0, 0.1) is 0 Å². The lowest BCUT2D eigenvalue weighted by atomic mass is 10.0. The monoisotopic (exact) mass is 406 g/mol. The van der Waals surface area contributed by atoms with Gasteiger partial charge in [0.25, 0.3) is 0 Å². The standard InChI is InChI=1S/C14H12O2.C12H18S/c15-13(11-7-3-1-4-8-11)14(16)12-9-5-2-6-10-12;1-2-3-4-5-8-11-9-6-7-10-12(11)13/h1-10,13,15H;6-7,9-10,13H,2-5,8H2,1H3. The minimum atomic E-state index is -1.08. The van der Waals surface area contributed by atoms with E-state index in [0.717, 1.165) is 4.90 Å². The number of benzene rings is 3. The molecular weight excluding hydrogens is 376 g/mol. The van der Waals surface area contributed by atoms with Crippen molar-refractivity contribution < 1.29 is 9.90 Å². The minimum absolute atomic E-state index is 0.271. The largest absolute Gasteiger partial charge is 0.380 e. The summed E-state index contributed by atoms with van der Waals surface area (Å²) in [6, 6.07) is 26.1. The Morgan fingerprint density at radius 2 is 1.41 bits per heavy atom. The van der Waals surface area contributed by atoms with Crippen LogP contribution in [-0.4, -0.2) is 10.9 Å². The summed E-state index contributed by atoms with van der Waals surface area (Å²) >= 11 is 4.42. The van der Waals surface area contributed by atoms with Gasteiger partial charge < -0.3 is 5.11 Å². The van der Waals surface area contributed by atoms with Crippen molar-refractivity contribution in [2.75, 3.05) is 0 Å². The molecule has 0 aliphatic carbocycles. The van der Waals surface area contributed by atoms with Crippen LogP contribution in [0.4, 0.5) is 0 Å². The zero-order valence-electron chi connectivity index (χ0n) is 17.0. The van der Waals surface area contributed by atoms with Crippen molar-refractivity contribution in [1.82, 2.24) is 0 Å². The first kappa shape index (κ1) is 22.9.